The predicted octanol–water partition coefficient (Wildman–Crippen LogP) is 4.74. The average Bonchev–Trinajstić information content (AvgIpc) is 3.02. The molecule has 142 valence electrons. The van der Waals surface area contributed by atoms with Crippen LogP contribution in [0.2, 0.25) is 5.02 Å². The van der Waals surface area contributed by atoms with Gasteiger partial charge in [0.25, 0.3) is 0 Å². The third kappa shape index (κ3) is 3.46. The first-order valence-electron chi connectivity index (χ1n) is 9.15. The zero-order valence-electron chi connectivity index (χ0n) is 15.8. The first-order valence-corrected chi connectivity index (χ1v) is 9.52. The molecule has 5 nitrogen and oxygen atoms in total. The highest BCUT2D eigenvalue weighted by atomic mass is 35.5. The van der Waals surface area contributed by atoms with Gasteiger partial charge in [-0.1, -0.05) is 53.6 Å². The van der Waals surface area contributed by atoms with Crippen molar-refractivity contribution < 1.29 is 5.11 Å². The van der Waals surface area contributed by atoms with E-state index in [4.69, 9.17) is 21.7 Å². The number of nitrogens with one attached hydrogen (secondary N) is 1. The Kier molecular flexibility index (Phi) is 5.03. The van der Waals surface area contributed by atoms with E-state index in [2.05, 4.69) is 36.5 Å². The predicted molar refractivity (Wildman–Crippen MR) is 114 cm³/mol. The van der Waals surface area contributed by atoms with Crippen LogP contribution in [-0.2, 0) is 0 Å². The number of aliphatic hydroxyl groups is 1. The van der Waals surface area contributed by atoms with Gasteiger partial charge in [-0.3, -0.25) is 0 Å². The molecule has 6 heteroatoms. The van der Waals surface area contributed by atoms with Gasteiger partial charge in [0, 0.05) is 28.8 Å². The maximum Gasteiger partial charge on any atom is 0.166 e. The highest BCUT2D eigenvalue weighted by Crippen LogP contribution is 2.32. The summed E-state index contributed by atoms with van der Waals surface area (Å²) in [7, 11) is 0. The van der Waals surface area contributed by atoms with E-state index in [1.54, 1.807) is 0 Å². The number of halogens is 1. The van der Waals surface area contributed by atoms with E-state index in [0.29, 0.717) is 17.4 Å². The SMILES string of the molecule is Cc1ccc(-c2c(C)nn3c(-c4cccc(Cl)c4)cc(NCCO)nc23)cc1. The zero-order valence-corrected chi connectivity index (χ0v) is 16.5. The summed E-state index contributed by atoms with van der Waals surface area (Å²) in [6.45, 7) is 4.51. The van der Waals surface area contributed by atoms with Gasteiger partial charge >= 0.3 is 0 Å². The van der Waals surface area contributed by atoms with Crippen LogP contribution in [0.3, 0.4) is 0 Å². The summed E-state index contributed by atoms with van der Waals surface area (Å²) in [5.74, 6) is 0.685. The lowest BCUT2D eigenvalue weighted by atomic mass is 10.0. The van der Waals surface area contributed by atoms with Crippen molar-refractivity contribution in [3.8, 4) is 22.4 Å². The molecule has 0 saturated carbocycles. The van der Waals surface area contributed by atoms with Gasteiger partial charge in [-0.05, 0) is 31.5 Å². The van der Waals surface area contributed by atoms with Crippen molar-refractivity contribution in [1.82, 2.24) is 14.6 Å². The van der Waals surface area contributed by atoms with Crippen molar-refractivity contribution >= 4 is 23.1 Å². The molecule has 28 heavy (non-hydrogen) atoms. The number of hydrogen-bond donors (Lipinski definition) is 2. The van der Waals surface area contributed by atoms with E-state index < -0.39 is 0 Å². The Balaban J connectivity index is 1.98. The van der Waals surface area contributed by atoms with E-state index >= 15 is 0 Å². The molecule has 4 rings (SSSR count). The minimum absolute atomic E-state index is 0.0302. The van der Waals surface area contributed by atoms with Gasteiger partial charge < -0.3 is 10.4 Å². The van der Waals surface area contributed by atoms with Crippen molar-refractivity contribution in [3.05, 3.63) is 70.9 Å². The first kappa shape index (κ1) is 18.5. The lowest BCUT2D eigenvalue weighted by Gasteiger charge is -2.11. The van der Waals surface area contributed by atoms with Crippen LogP contribution in [0.15, 0.2) is 54.6 Å². The number of fused-ring (bicyclic) bond motifs is 1. The van der Waals surface area contributed by atoms with Crippen LogP contribution in [0.1, 0.15) is 11.3 Å². The maximum absolute atomic E-state index is 9.20. The molecule has 2 N–H and O–H groups in total. The Bertz CT molecular complexity index is 1140. The van der Waals surface area contributed by atoms with Crippen LogP contribution in [0.25, 0.3) is 28.0 Å². The number of rotatable bonds is 5. The molecule has 0 amide bonds. The Morgan fingerprint density at radius 1 is 1.04 bits per heavy atom. The van der Waals surface area contributed by atoms with E-state index in [9.17, 15) is 5.11 Å². The number of aryl methyl sites for hydroxylation is 2. The Labute approximate surface area is 168 Å². The van der Waals surface area contributed by atoms with Gasteiger partial charge in [-0.25, -0.2) is 9.50 Å². The topological polar surface area (TPSA) is 62.5 Å². The van der Waals surface area contributed by atoms with Crippen molar-refractivity contribution in [2.24, 2.45) is 0 Å². The molecule has 0 spiro atoms. The van der Waals surface area contributed by atoms with Gasteiger partial charge in [0.1, 0.15) is 5.82 Å². The van der Waals surface area contributed by atoms with Gasteiger partial charge in [0.15, 0.2) is 5.65 Å². The van der Waals surface area contributed by atoms with Gasteiger partial charge in [-0.15, -0.1) is 0 Å². The third-order valence-electron chi connectivity index (χ3n) is 4.64. The van der Waals surface area contributed by atoms with E-state index in [0.717, 1.165) is 33.7 Å². The van der Waals surface area contributed by atoms with Crippen molar-refractivity contribution in [3.63, 3.8) is 0 Å². The van der Waals surface area contributed by atoms with E-state index in [1.807, 2.05) is 41.8 Å². The number of benzene rings is 2. The molecular formula is C22H21ClN4O. The van der Waals surface area contributed by atoms with E-state index in [-0.39, 0.29) is 6.61 Å². The zero-order chi connectivity index (χ0) is 19.7. The number of hydrogen-bond acceptors (Lipinski definition) is 4. The molecule has 0 bridgehead atoms. The molecule has 0 fully saturated rings. The number of anilines is 1. The number of nitrogens with zero attached hydrogens (tertiary/aromatic N) is 3. The Hall–Kier alpha value is -2.89. The lowest BCUT2D eigenvalue weighted by molar-refractivity contribution is 0.311. The highest BCUT2D eigenvalue weighted by molar-refractivity contribution is 6.30. The Morgan fingerprint density at radius 3 is 2.54 bits per heavy atom. The average molecular weight is 393 g/mol. The van der Waals surface area contributed by atoms with Gasteiger partial charge in [0.05, 0.1) is 18.0 Å². The molecule has 0 aliphatic heterocycles. The minimum Gasteiger partial charge on any atom is -0.395 e. The fourth-order valence-corrected chi connectivity index (χ4v) is 3.50. The van der Waals surface area contributed by atoms with Crippen molar-refractivity contribution in [2.45, 2.75) is 13.8 Å². The standard InChI is InChI=1S/C22H21ClN4O/c1-14-6-8-16(9-7-14)21-15(2)26-27-19(17-4-3-5-18(23)12-17)13-20(24-10-11-28)25-22(21)27/h3-9,12-13,28H,10-11H2,1-2H3,(H,24,25). The maximum atomic E-state index is 9.20. The quantitative estimate of drug-likeness (QED) is 0.515. The molecule has 0 aliphatic rings. The van der Waals surface area contributed by atoms with E-state index in [1.165, 1.54) is 5.56 Å². The van der Waals surface area contributed by atoms with Crippen molar-refractivity contribution in [2.75, 3.05) is 18.5 Å². The second kappa shape index (κ2) is 7.62. The monoisotopic (exact) mass is 392 g/mol. The molecule has 0 radical (unpaired) electrons. The van der Waals surface area contributed by atoms with Crippen LogP contribution >= 0.6 is 11.6 Å². The van der Waals surface area contributed by atoms with Crippen LogP contribution in [0, 0.1) is 13.8 Å². The summed E-state index contributed by atoms with van der Waals surface area (Å²) in [4.78, 5) is 4.79. The summed E-state index contributed by atoms with van der Waals surface area (Å²) >= 11 is 6.22. The molecule has 2 aromatic heterocycles. The number of aromatic nitrogens is 3. The molecule has 0 aliphatic carbocycles. The minimum atomic E-state index is 0.0302. The second-order valence-corrected chi connectivity index (χ2v) is 7.19. The van der Waals surface area contributed by atoms with Gasteiger partial charge in [-0.2, -0.15) is 5.10 Å². The third-order valence-corrected chi connectivity index (χ3v) is 4.88. The fraction of sp³-hybridized carbons (Fsp3) is 0.182. The summed E-state index contributed by atoms with van der Waals surface area (Å²) in [5.41, 5.74) is 6.77. The molecule has 0 unspecified atom stereocenters. The van der Waals surface area contributed by atoms with Gasteiger partial charge in [0.2, 0.25) is 0 Å². The molecular weight excluding hydrogens is 372 g/mol. The molecule has 2 heterocycles. The van der Waals surface area contributed by atoms with Crippen LogP contribution in [0.4, 0.5) is 5.82 Å². The molecule has 2 aromatic carbocycles. The highest BCUT2D eigenvalue weighted by Gasteiger charge is 2.17. The largest absolute Gasteiger partial charge is 0.395 e. The lowest BCUT2D eigenvalue weighted by Crippen LogP contribution is -2.08. The fourth-order valence-electron chi connectivity index (χ4n) is 3.31. The van der Waals surface area contributed by atoms with Crippen molar-refractivity contribution in [1.29, 1.82) is 0 Å². The molecule has 0 saturated heterocycles. The summed E-state index contributed by atoms with van der Waals surface area (Å²) in [6, 6.07) is 18.0. The summed E-state index contributed by atoms with van der Waals surface area (Å²) in [6.07, 6.45) is 0. The Morgan fingerprint density at radius 2 is 1.82 bits per heavy atom. The first-order chi connectivity index (χ1) is 13.6. The smallest absolute Gasteiger partial charge is 0.166 e. The summed E-state index contributed by atoms with van der Waals surface area (Å²) in [5, 5.41) is 17.8. The van der Waals surface area contributed by atoms with Crippen LogP contribution < -0.4 is 5.32 Å². The van der Waals surface area contributed by atoms with Crippen LogP contribution in [0.5, 0.6) is 0 Å². The molecule has 4 aromatic rings. The second-order valence-electron chi connectivity index (χ2n) is 6.75. The van der Waals surface area contributed by atoms with Crippen LogP contribution in [-0.4, -0.2) is 32.9 Å². The normalized spacial score (nSPS) is 11.1. The number of aliphatic hydroxyl groups excluding tert-OH is 1. The molecule has 0 atom stereocenters. The summed E-state index contributed by atoms with van der Waals surface area (Å²) < 4.78 is 1.86.